The number of nitrogens with zero attached hydrogens (tertiary/aromatic N) is 2. The first kappa shape index (κ1) is 13.4. The van der Waals surface area contributed by atoms with Crippen molar-refractivity contribution < 1.29 is 14.7 Å². The van der Waals surface area contributed by atoms with Gasteiger partial charge < -0.3 is 20.5 Å². The molecule has 106 valence electrons. The van der Waals surface area contributed by atoms with E-state index in [2.05, 4.69) is 26.1 Å². The molecule has 0 aliphatic rings. The van der Waals surface area contributed by atoms with E-state index >= 15 is 0 Å². The van der Waals surface area contributed by atoms with Crippen LogP contribution in [0.3, 0.4) is 0 Å². The normalized spacial score (nSPS) is 10.7. The van der Waals surface area contributed by atoms with E-state index in [0.717, 1.165) is 4.47 Å². The second-order valence-electron chi connectivity index (χ2n) is 4.36. The number of halogens is 1. The van der Waals surface area contributed by atoms with Crippen molar-refractivity contribution in [3.63, 3.8) is 0 Å². The summed E-state index contributed by atoms with van der Waals surface area (Å²) in [5.74, 6) is 0.107. The summed E-state index contributed by atoms with van der Waals surface area (Å²) in [6.07, 6.45) is 0. The summed E-state index contributed by atoms with van der Waals surface area (Å²) in [6.45, 7) is 0. The Balaban J connectivity index is 2.03. The van der Waals surface area contributed by atoms with Gasteiger partial charge in [-0.3, -0.25) is 0 Å². The first-order valence-corrected chi connectivity index (χ1v) is 6.75. The Morgan fingerprint density at radius 3 is 2.62 bits per heavy atom. The second kappa shape index (κ2) is 5.10. The molecular weight excluding hydrogens is 338 g/mol. The van der Waals surface area contributed by atoms with Gasteiger partial charge in [0.2, 0.25) is 5.82 Å². The lowest BCUT2D eigenvalue weighted by Gasteiger charge is -2.00. The van der Waals surface area contributed by atoms with Crippen molar-refractivity contribution in [2.75, 3.05) is 5.73 Å². The topological polar surface area (TPSA) is 105 Å². The zero-order valence-corrected chi connectivity index (χ0v) is 12.2. The maximum atomic E-state index is 9.50. The van der Waals surface area contributed by atoms with Crippen LogP contribution in [0.15, 0.2) is 45.4 Å². The van der Waals surface area contributed by atoms with Crippen molar-refractivity contribution in [2.24, 2.45) is 0 Å². The van der Waals surface area contributed by atoms with Gasteiger partial charge in [0, 0.05) is 15.7 Å². The van der Waals surface area contributed by atoms with Gasteiger partial charge in [0.25, 0.3) is 5.89 Å². The quantitative estimate of drug-likeness (QED) is 0.485. The summed E-state index contributed by atoms with van der Waals surface area (Å²) in [6, 6.07) is 9.61. The van der Waals surface area contributed by atoms with Gasteiger partial charge in [0.15, 0.2) is 11.5 Å². The summed E-state index contributed by atoms with van der Waals surface area (Å²) in [4.78, 5) is 4.25. The fraction of sp³-hybridized carbons (Fsp3) is 0. The average molecular weight is 348 g/mol. The SMILES string of the molecule is Nc1ccc(Br)cc1-c1nc(-c2ccc(O)c(O)c2)no1. The lowest BCUT2D eigenvalue weighted by Crippen LogP contribution is -1.90. The lowest BCUT2D eigenvalue weighted by atomic mass is 10.1. The number of aromatic hydroxyl groups is 2. The standard InChI is InChI=1S/C14H10BrN3O3/c15-8-2-3-10(16)9(6-8)14-17-13(18-21-14)7-1-4-11(19)12(20)5-7/h1-6,19-20H,16H2. The van der Waals surface area contributed by atoms with E-state index in [4.69, 9.17) is 10.3 Å². The van der Waals surface area contributed by atoms with Crippen molar-refractivity contribution in [2.45, 2.75) is 0 Å². The molecule has 0 unspecified atom stereocenters. The molecule has 0 spiro atoms. The smallest absolute Gasteiger partial charge is 0.260 e. The third kappa shape index (κ3) is 2.55. The van der Waals surface area contributed by atoms with Crippen LogP contribution in [0.25, 0.3) is 22.8 Å². The number of nitrogen functional groups attached to an aromatic ring is 1. The number of phenolic OH excluding ortho intramolecular Hbond substituents is 2. The molecule has 0 aliphatic heterocycles. The van der Waals surface area contributed by atoms with E-state index in [1.165, 1.54) is 12.1 Å². The minimum Gasteiger partial charge on any atom is -0.504 e. The maximum absolute atomic E-state index is 9.50. The zero-order valence-electron chi connectivity index (χ0n) is 10.6. The van der Waals surface area contributed by atoms with Crippen LogP contribution in [0.5, 0.6) is 11.5 Å². The van der Waals surface area contributed by atoms with Gasteiger partial charge in [-0.05, 0) is 36.4 Å². The molecule has 1 heterocycles. The molecule has 3 rings (SSSR count). The molecule has 3 aromatic rings. The Bertz CT molecular complexity index is 817. The highest BCUT2D eigenvalue weighted by Crippen LogP contribution is 2.32. The van der Waals surface area contributed by atoms with E-state index < -0.39 is 0 Å². The minimum absolute atomic E-state index is 0.210. The van der Waals surface area contributed by atoms with Crippen LogP contribution >= 0.6 is 15.9 Å². The molecule has 7 heteroatoms. The molecule has 6 nitrogen and oxygen atoms in total. The van der Waals surface area contributed by atoms with Crippen LogP contribution in [0.4, 0.5) is 5.69 Å². The molecule has 4 N–H and O–H groups in total. The van der Waals surface area contributed by atoms with E-state index in [-0.39, 0.29) is 17.4 Å². The molecule has 0 bridgehead atoms. The highest BCUT2D eigenvalue weighted by molar-refractivity contribution is 9.10. The number of nitrogens with two attached hydrogens (primary N) is 1. The summed E-state index contributed by atoms with van der Waals surface area (Å²) >= 11 is 3.36. The number of benzene rings is 2. The second-order valence-corrected chi connectivity index (χ2v) is 5.27. The summed E-state index contributed by atoms with van der Waals surface area (Å²) in [5, 5.41) is 22.7. The van der Waals surface area contributed by atoms with Gasteiger partial charge in [0.05, 0.1) is 5.56 Å². The first-order valence-electron chi connectivity index (χ1n) is 5.96. The fourth-order valence-corrected chi connectivity index (χ4v) is 2.19. The van der Waals surface area contributed by atoms with Gasteiger partial charge in [-0.2, -0.15) is 4.98 Å². The molecule has 0 atom stereocenters. The third-order valence-corrected chi connectivity index (χ3v) is 3.40. The third-order valence-electron chi connectivity index (χ3n) is 2.91. The molecular formula is C14H10BrN3O3. The van der Waals surface area contributed by atoms with Crippen molar-refractivity contribution >= 4 is 21.6 Å². The first-order chi connectivity index (χ1) is 10.0. The van der Waals surface area contributed by atoms with Crippen LogP contribution < -0.4 is 5.73 Å². The highest BCUT2D eigenvalue weighted by atomic mass is 79.9. The van der Waals surface area contributed by atoms with Crippen LogP contribution in [0.1, 0.15) is 0 Å². The van der Waals surface area contributed by atoms with Crippen LogP contribution in [-0.4, -0.2) is 20.4 Å². The van der Waals surface area contributed by atoms with E-state index in [9.17, 15) is 10.2 Å². The molecule has 1 aromatic heterocycles. The van der Waals surface area contributed by atoms with E-state index in [0.29, 0.717) is 22.6 Å². The van der Waals surface area contributed by atoms with Crippen molar-refractivity contribution in [3.8, 4) is 34.3 Å². The molecule has 0 aliphatic carbocycles. The molecule has 0 saturated carbocycles. The number of aromatic nitrogens is 2. The van der Waals surface area contributed by atoms with Gasteiger partial charge in [-0.1, -0.05) is 21.1 Å². The monoisotopic (exact) mass is 347 g/mol. The molecule has 0 saturated heterocycles. The zero-order chi connectivity index (χ0) is 15.0. The molecule has 21 heavy (non-hydrogen) atoms. The van der Waals surface area contributed by atoms with E-state index in [1.54, 1.807) is 18.2 Å². The van der Waals surface area contributed by atoms with Gasteiger partial charge >= 0.3 is 0 Å². The summed E-state index contributed by atoms with van der Waals surface area (Å²) in [7, 11) is 0. The Morgan fingerprint density at radius 1 is 1.05 bits per heavy atom. The number of anilines is 1. The van der Waals surface area contributed by atoms with Crippen molar-refractivity contribution in [3.05, 3.63) is 40.9 Å². The Hall–Kier alpha value is -2.54. The fourth-order valence-electron chi connectivity index (χ4n) is 1.83. The number of phenols is 2. The Labute approximate surface area is 128 Å². The molecule has 0 amide bonds. The summed E-state index contributed by atoms with van der Waals surface area (Å²) < 4.78 is 6.05. The molecule has 2 aromatic carbocycles. The van der Waals surface area contributed by atoms with Gasteiger partial charge in [0.1, 0.15) is 0 Å². The Kier molecular flexibility index (Phi) is 3.26. The largest absolute Gasteiger partial charge is 0.504 e. The van der Waals surface area contributed by atoms with Crippen LogP contribution in [0, 0.1) is 0 Å². The average Bonchev–Trinajstić information content (AvgIpc) is 2.94. The molecule has 0 radical (unpaired) electrons. The predicted octanol–water partition coefficient (Wildman–Crippen LogP) is 3.16. The number of rotatable bonds is 2. The van der Waals surface area contributed by atoms with Crippen LogP contribution in [-0.2, 0) is 0 Å². The maximum Gasteiger partial charge on any atom is 0.260 e. The van der Waals surface area contributed by atoms with Crippen molar-refractivity contribution in [1.82, 2.24) is 10.1 Å². The number of hydrogen-bond donors (Lipinski definition) is 3. The highest BCUT2D eigenvalue weighted by Gasteiger charge is 2.14. The summed E-state index contributed by atoms with van der Waals surface area (Å²) in [5.41, 5.74) is 7.55. The van der Waals surface area contributed by atoms with Crippen molar-refractivity contribution in [1.29, 1.82) is 0 Å². The predicted molar refractivity (Wildman–Crippen MR) is 80.6 cm³/mol. The molecule has 0 fully saturated rings. The van der Waals surface area contributed by atoms with Crippen LogP contribution in [0.2, 0.25) is 0 Å². The Morgan fingerprint density at radius 2 is 1.86 bits per heavy atom. The lowest BCUT2D eigenvalue weighted by molar-refractivity contribution is 0.404. The number of hydrogen-bond acceptors (Lipinski definition) is 6. The van der Waals surface area contributed by atoms with E-state index in [1.807, 2.05) is 6.07 Å². The minimum atomic E-state index is -0.249. The van der Waals surface area contributed by atoms with Gasteiger partial charge in [-0.15, -0.1) is 0 Å². The van der Waals surface area contributed by atoms with Gasteiger partial charge in [-0.25, -0.2) is 0 Å².